The summed E-state index contributed by atoms with van der Waals surface area (Å²) in [6, 6.07) is 2.80. The summed E-state index contributed by atoms with van der Waals surface area (Å²) in [5.41, 5.74) is 0.698. The largest absolute Gasteiger partial charge is 0.303 e. The zero-order valence-electron chi connectivity index (χ0n) is 11.4. The smallest absolute Gasteiger partial charge is 0.277 e. The highest BCUT2D eigenvalue weighted by Crippen LogP contribution is 2.22. The molecule has 1 N–H and O–H groups in total. The van der Waals surface area contributed by atoms with Crippen LogP contribution in [0, 0.1) is 5.82 Å². The summed E-state index contributed by atoms with van der Waals surface area (Å²) in [6.45, 7) is 4.01. The summed E-state index contributed by atoms with van der Waals surface area (Å²) in [7, 11) is 0. The minimum absolute atomic E-state index is 0.196. The van der Waals surface area contributed by atoms with Crippen LogP contribution in [0.15, 0.2) is 24.5 Å². The number of aromatic nitrogens is 4. The van der Waals surface area contributed by atoms with Gasteiger partial charge in [-0.3, -0.25) is 10.1 Å². The van der Waals surface area contributed by atoms with Crippen molar-refractivity contribution in [2.45, 2.75) is 19.8 Å². The Kier molecular flexibility index (Phi) is 3.38. The number of hydrogen-bond acceptors (Lipinski definition) is 5. The Morgan fingerprint density at radius 1 is 1.33 bits per heavy atom. The maximum absolute atomic E-state index is 13.1. The van der Waals surface area contributed by atoms with E-state index in [4.69, 9.17) is 0 Å². The molecule has 0 bridgehead atoms. The number of imidazole rings is 1. The zero-order valence-corrected chi connectivity index (χ0v) is 12.2. The van der Waals surface area contributed by atoms with Gasteiger partial charge in [0.1, 0.15) is 22.2 Å². The van der Waals surface area contributed by atoms with Gasteiger partial charge in [0.15, 0.2) is 0 Å². The molecule has 3 heterocycles. The van der Waals surface area contributed by atoms with Crippen LogP contribution in [0.4, 0.5) is 9.52 Å². The molecule has 0 atom stereocenters. The fourth-order valence-corrected chi connectivity index (χ4v) is 2.49. The molecule has 0 aliphatic heterocycles. The number of halogens is 1. The highest BCUT2D eigenvalue weighted by molar-refractivity contribution is 7.15. The van der Waals surface area contributed by atoms with Crippen LogP contribution in [0.3, 0.4) is 0 Å². The second-order valence-electron chi connectivity index (χ2n) is 4.79. The van der Waals surface area contributed by atoms with Gasteiger partial charge in [0.05, 0.1) is 0 Å². The summed E-state index contributed by atoms with van der Waals surface area (Å²) in [4.78, 5) is 16.2. The van der Waals surface area contributed by atoms with E-state index in [1.807, 2.05) is 13.8 Å². The maximum Gasteiger partial charge on any atom is 0.277 e. The van der Waals surface area contributed by atoms with E-state index in [0.717, 1.165) is 5.01 Å². The van der Waals surface area contributed by atoms with E-state index in [9.17, 15) is 9.18 Å². The molecule has 0 unspecified atom stereocenters. The van der Waals surface area contributed by atoms with Crippen LogP contribution >= 0.6 is 11.3 Å². The monoisotopic (exact) mass is 305 g/mol. The van der Waals surface area contributed by atoms with E-state index in [1.54, 1.807) is 0 Å². The zero-order chi connectivity index (χ0) is 15.0. The van der Waals surface area contributed by atoms with Gasteiger partial charge in [-0.1, -0.05) is 25.2 Å². The number of pyridine rings is 1. The summed E-state index contributed by atoms with van der Waals surface area (Å²) < 4.78 is 14.6. The van der Waals surface area contributed by atoms with Crippen molar-refractivity contribution in [1.29, 1.82) is 0 Å². The first-order valence-corrected chi connectivity index (χ1v) is 7.13. The van der Waals surface area contributed by atoms with Crippen molar-refractivity contribution in [2.24, 2.45) is 0 Å². The highest BCUT2D eigenvalue weighted by atomic mass is 32.1. The van der Waals surface area contributed by atoms with Crippen LogP contribution in [0.5, 0.6) is 0 Å². The van der Waals surface area contributed by atoms with Gasteiger partial charge in [0, 0.05) is 18.3 Å². The van der Waals surface area contributed by atoms with E-state index in [0.29, 0.717) is 10.8 Å². The average molecular weight is 305 g/mol. The molecule has 0 aromatic carbocycles. The topological polar surface area (TPSA) is 72.2 Å². The minimum Gasteiger partial charge on any atom is -0.303 e. The number of fused-ring (bicyclic) bond motifs is 1. The third kappa shape index (κ3) is 2.75. The molecule has 0 spiro atoms. The molecule has 6 nitrogen and oxygen atoms in total. The Hall–Kier alpha value is -2.35. The standard InChI is InChI=1S/C13H12FN5OS/c1-7(2)12-17-18-13(21-12)16-11(20)9-6-19-5-8(14)3-4-10(19)15-9/h3-7H,1-2H3,(H,16,18,20). The number of hydrogen-bond donors (Lipinski definition) is 1. The van der Waals surface area contributed by atoms with Crippen LogP contribution in [0.1, 0.15) is 35.3 Å². The predicted molar refractivity (Wildman–Crippen MR) is 77.1 cm³/mol. The highest BCUT2D eigenvalue weighted by Gasteiger charge is 2.14. The molecule has 0 aliphatic carbocycles. The van der Waals surface area contributed by atoms with Crippen LogP contribution in [0.2, 0.25) is 0 Å². The molecule has 3 aromatic rings. The van der Waals surface area contributed by atoms with Crippen molar-refractivity contribution in [3.05, 3.63) is 41.0 Å². The molecule has 1 amide bonds. The first kappa shape index (κ1) is 13.6. The van der Waals surface area contributed by atoms with Crippen molar-refractivity contribution in [3.63, 3.8) is 0 Å². The molecule has 108 valence electrons. The molecule has 0 saturated heterocycles. The number of anilines is 1. The van der Waals surface area contributed by atoms with Crippen molar-refractivity contribution in [3.8, 4) is 0 Å². The molecule has 3 aromatic heterocycles. The van der Waals surface area contributed by atoms with Crippen molar-refractivity contribution >= 4 is 28.0 Å². The van der Waals surface area contributed by atoms with Gasteiger partial charge in [0.2, 0.25) is 5.13 Å². The molecular formula is C13H12FN5OS. The lowest BCUT2D eigenvalue weighted by Crippen LogP contribution is -2.12. The van der Waals surface area contributed by atoms with Crippen molar-refractivity contribution in [1.82, 2.24) is 19.6 Å². The van der Waals surface area contributed by atoms with Crippen LogP contribution in [0.25, 0.3) is 5.65 Å². The number of amides is 1. The molecule has 3 rings (SSSR count). The van der Waals surface area contributed by atoms with Crippen LogP contribution < -0.4 is 5.32 Å². The Morgan fingerprint density at radius 2 is 2.14 bits per heavy atom. The molecule has 0 aliphatic rings. The molecule has 8 heteroatoms. The molecule has 0 saturated carbocycles. The fraction of sp³-hybridized carbons (Fsp3) is 0.231. The lowest BCUT2D eigenvalue weighted by atomic mass is 10.2. The van der Waals surface area contributed by atoms with Gasteiger partial charge in [-0.2, -0.15) is 0 Å². The number of carbonyl (C=O) groups excluding carboxylic acids is 1. The maximum atomic E-state index is 13.1. The van der Waals surface area contributed by atoms with E-state index < -0.39 is 11.7 Å². The van der Waals surface area contributed by atoms with Crippen LogP contribution in [-0.4, -0.2) is 25.5 Å². The second kappa shape index (κ2) is 5.21. The number of nitrogens with one attached hydrogen (secondary N) is 1. The summed E-state index contributed by atoms with van der Waals surface area (Å²) >= 11 is 1.32. The molecule has 0 radical (unpaired) electrons. The van der Waals surface area contributed by atoms with Gasteiger partial charge < -0.3 is 4.40 Å². The first-order valence-electron chi connectivity index (χ1n) is 6.32. The third-order valence-corrected chi connectivity index (χ3v) is 3.94. The van der Waals surface area contributed by atoms with Gasteiger partial charge in [-0.15, -0.1) is 10.2 Å². The molecule has 21 heavy (non-hydrogen) atoms. The van der Waals surface area contributed by atoms with Crippen molar-refractivity contribution in [2.75, 3.05) is 5.32 Å². The summed E-state index contributed by atoms with van der Waals surface area (Å²) in [6.07, 6.45) is 2.74. The Balaban J connectivity index is 1.82. The van der Waals surface area contributed by atoms with Gasteiger partial charge in [-0.05, 0) is 12.1 Å². The molecule has 0 fully saturated rings. The van der Waals surface area contributed by atoms with Crippen molar-refractivity contribution < 1.29 is 9.18 Å². The van der Waals surface area contributed by atoms with Crippen LogP contribution in [-0.2, 0) is 0 Å². The first-order chi connectivity index (χ1) is 10.0. The Morgan fingerprint density at radius 3 is 2.86 bits per heavy atom. The van der Waals surface area contributed by atoms with E-state index in [1.165, 1.54) is 40.3 Å². The predicted octanol–water partition coefficient (Wildman–Crippen LogP) is 2.70. The minimum atomic E-state index is -0.398. The quantitative estimate of drug-likeness (QED) is 0.807. The lowest BCUT2D eigenvalue weighted by Gasteiger charge is -1.96. The second-order valence-corrected chi connectivity index (χ2v) is 5.80. The van der Waals surface area contributed by atoms with Gasteiger partial charge >= 0.3 is 0 Å². The Bertz CT molecular complexity index is 810. The SMILES string of the molecule is CC(C)c1nnc(NC(=O)c2cn3cc(F)ccc3n2)s1. The third-order valence-electron chi connectivity index (χ3n) is 2.80. The van der Waals surface area contributed by atoms with E-state index in [2.05, 4.69) is 20.5 Å². The molecular weight excluding hydrogens is 293 g/mol. The summed E-state index contributed by atoms with van der Waals surface area (Å²) in [5, 5.41) is 11.8. The number of rotatable bonds is 3. The van der Waals surface area contributed by atoms with E-state index >= 15 is 0 Å². The Labute approximate surface area is 123 Å². The number of nitrogens with zero attached hydrogens (tertiary/aromatic N) is 4. The number of carbonyl (C=O) groups is 1. The lowest BCUT2D eigenvalue weighted by molar-refractivity contribution is 0.102. The van der Waals surface area contributed by atoms with E-state index in [-0.39, 0.29) is 11.6 Å². The van der Waals surface area contributed by atoms with Gasteiger partial charge in [0.25, 0.3) is 5.91 Å². The average Bonchev–Trinajstić information content (AvgIpc) is 3.04. The normalized spacial score (nSPS) is 11.2. The van der Waals surface area contributed by atoms with Gasteiger partial charge in [-0.25, -0.2) is 9.37 Å². The summed E-state index contributed by atoms with van der Waals surface area (Å²) in [5.74, 6) is -0.533. The fourth-order valence-electron chi connectivity index (χ4n) is 1.75.